The number of carbonyl (C=O) groups is 2. The number of benzene rings is 3. The van der Waals surface area contributed by atoms with E-state index in [9.17, 15) is 9.59 Å². The Morgan fingerprint density at radius 2 is 1.10 bits per heavy atom. The van der Waals surface area contributed by atoms with Gasteiger partial charge in [0.05, 0.1) is 26.4 Å². The summed E-state index contributed by atoms with van der Waals surface area (Å²) in [5.74, 6) is -1.06. The second-order valence-corrected chi connectivity index (χ2v) is 13.8. The van der Waals surface area contributed by atoms with Gasteiger partial charge in [-0.15, -0.1) is 0 Å². The van der Waals surface area contributed by atoms with Crippen LogP contribution >= 0.6 is 0 Å². The van der Waals surface area contributed by atoms with Crippen molar-refractivity contribution in [2.45, 2.75) is 55.5 Å². The highest BCUT2D eigenvalue weighted by atomic mass is 16.5. The number of nitrogens with zero attached hydrogens (tertiary/aromatic N) is 1. The molecule has 4 fully saturated rings. The minimum Gasteiger partial charge on any atom is -0.468 e. The van der Waals surface area contributed by atoms with E-state index in [1.54, 1.807) is 0 Å². The number of ether oxygens (including phenoxy) is 3. The Kier molecular flexibility index (Phi) is 4.72. The molecule has 0 unspecified atom stereocenters. The highest BCUT2D eigenvalue weighted by Gasteiger charge is 2.93. The van der Waals surface area contributed by atoms with Crippen molar-refractivity contribution < 1.29 is 23.8 Å². The highest BCUT2D eigenvalue weighted by Crippen LogP contribution is 2.86. The summed E-state index contributed by atoms with van der Waals surface area (Å²) in [6, 6.07) is 27.3. The molecule has 3 aromatic carbocycles. The van der Waals surface area contributed by atoms with E-state index in [1.807, 2.05) is 30.3 Å². The first kappa shape index (κ1) is 25.1. The molecule has 0 aromatic heterocycles. The van der Waals surface area contributed by atoms with Gasteiger partial charge in [0.1, 0.15) is 11.1 Å². The van der Waals surface area contributed by atoms with Crippen LogP contribution in [-0.4, -0.2) is 42.1 Å². The molecule has 6 nitrogen and oxygen atoms in total. The second-order valence-electron chi connectivity index (χ2n) is 13.8. The Balaban J connectivity index is 1.39. The molecule has 4 heterocycles. The molecule has 1 saturated carbocycles. The molecule has 6 aliphatic rings. The first-order valence-electron chi connectivity index (χ1n) is 15.2. The minimum absolute atomic E-state index is 0.0860. The zero-order valence-corrected chi connectivity index (χ0v) is 24.3. The van der Waals surface area contributed by atoms with Gasteiger partial charge < -0.3 is 14.2 Å². The lowest BCUT2D eigenvalue weighted by Crippen LogP contribution is -2.60. The topological polar surface area (TPSA) is 65.1 Å². The van der Waals surface area contributed by atoms with Crippen molar-refractivity contribution in [2.75, 3.05) is 14.2 Å². The lowest BCUT2D eigenvalue weighted by atomic mass is 9.49. The average molecular weight is 562 g/mol. The van der Waals surface area contributed by atoms with Crippen molar-refractivity contribution in [3.8, 4) is 0 Å². The number of hydrogen-bond donors (Lipinski definition) is 0. The number of methoxy groups -OCH3 is 2. The molecular weight excluding hydrogens is 526 g/mol. The van der Waals surface area contributed by atoms with E-state index in [0.29, 0.717) is 6.54 Å². The van der Waals surface area contributed by atoms with E-state index in [2.05, 4.69) is 67.3 Å². The average Bonchev–Trinajstić information content (AvgIpc) is 3.80. The summed E-state index contributed by atoms with van der Waals surface area (Å²) in [7, 11) is 3.01. The fraction of sp³-hybridized carbons (Fsp3) is 0.444. The standard InChI is InChI=1S/C36H35NO5/c1-34(2)24-20-14-8-9-15-21(20)25(34)27-26(24)35(32(38)40-3)28-29(31-23-17-11-10-16-22(23)30(28)42-31)36(27,33(39)41-4)37(35)18-19-12-6-5-7-13-19/h5-17,24-31H,18H2,1-4H3/t24-,25+,26-,27+,28-,29+,30+,31-,35-,36+. The maximum atomic E-state index is 14.8. The normalized spacial score (nSPS) is 40.4. The van der Waals surface area contributed by atoms with Crippen LogP contribution in [0.3, 0.4) is 0 Å². The third kappa shape index (κ3) is 2.40. The number of hydrogen-bond acceptors (Lipinski definition) is 6. The van der Waals surface area contributed by atoms with Crippen LogP contribution in [0.4, 0.5) is 0 Å². The molecule has 0 spiro atoms. The van der Waals surface area contributed by atoms with Gasteiger partial charge in [0.15, 0.2) is 0 Å². The number of fused-ring (bicyclic) bond motifs is 22. The zero-order valence-electron chi connectivity index (χ0n) is 24.3. The molecule has 0 radical (unpaired) electrons. The molecule has 6 bridgehead atoms. The Morgan fingerprint density at radius 1 is 0.667 bits per heavy atom. The SMILES string of the molecule is COC(=O)[C@]12[C@@H]3[C@@H]([C@H]4c5ccccc5[C@@H]3C4(C)C)[C@](C(=O)OC)([C@@H]3[C@H]1[C@@H]1O[C@H]3c3ccccc31)N2Cc1ccccc1. The highest BCUT2D eigenvalue weighted by molar-refractivity contribution is 5.93. The van der Waals surface area contributed by atoms with Crippen molar-refractivity contribution in [1.29, 1.82) is 0 Å². The summed E-state index contributed by atoms with van der Waals surface area (Å²) >= 11 is 0. The fourth-order valence-corrected chi connectivity index (χ4v) is 11.7. The van der Waals surface area contributed by atoms with Gasteiger partial charge in [-0.25, -0.2) is 0 Å². The number of rotatable bonds is 4. The maximum absolute atomic E-state index is 14.8. The van der Waals surface area contributed by atoms with Crippen LogP contribution in [0.1, 0.15) is 65.7 Å². The van der Waals surface area contributed by atoms with E-state index in [1.165, 1.54) is 25.3 Å². The molecule has 0 N–H and O–H groups in total. The summed E-state index contributed by atoms with van der Waals surface area (Å²) in [6.07, 6.45) is -0.586. The Morgan fingerprint density at radius 3 is 1.55 bits per heavy atom. The van der Waals surface area contributed by atoms with Gasteiger partial charge in [-0.05, 0) is 45.1 Å². The molecule has 3 saturated heterocycles. The molecule has 9 rings (SSSR count). The lowest BCUT2D eigenvalue weighted by Gasteiger charge is -2.49. The third-order valence-corrected chi connectivity index (χ3v) is 12.5. The van der Waals surface area contributed by atoms with Crippen molar-refractivity contribution in [3.63, 3.8) is 0 Å². The number of carbonyl (C=O) groups excluding carboxylic acids is 2. The van der Waals surface area contributed by atoms with Crippen LogP contribution in [0.25, 0.3) is 0 Å². The molecule has 0 amide bonds. The van der Waals surface area contributed by atoms with Gasteiger partial charge in [0.25, 0.3) is 0 Å². The van der Waals surface area contributed by atoms with E-state index in [0.717, 1.165) is 16.7 Å². The van der Waals surface area contributed by atoms with Gasteiger partial charge in [-0.1, -0.05) is 92.7 Å². The van der Waals surface area contributed by atoms with Gasteiger partial charge >= 0.3 is 11.9 Å². The second kappa shape index (κ2) is 7.91. The van der Waals surface area contributed by atoms with Crippen molar-refractivity contribution in [3.05, 3.63) is 107 Å². The molecule has 10 atom stereocenters. The first-order chi connectivity index (χ1) is 20.4. The molecule has 214 valence electrons. The lowest BCUT2D eigenvalue weighted by molar-refractivity contribution is -0.168. The smallest absolute Gasteiger partial charge is 0.327 e. The van der Waals surface area contributed by atoms with E-state index >= 15 is 0 Å². The third-order valence-electron chi connectivity index (χ3n) is 12.5. The van der Waals surface area contributed by atoms with E-state index in [-0.39, 0.29) is 65.1 Å². The summed E-state index contributed by atoms with van der Waals surface area (Å²) in [5, 5.41) is 0. The van der Waals surface area contributed by atoms with E-state index in [4.69, 9.17) is 14.2 Å². The van der Waals surface area contributed by atoms with Gasteiger partial charge in [-0.2, -0.15) is 0 Å². The molecule has 2 aliphatic carbocycles. The minimum atomic E-state index is -1.06. The van der Waals surface area contributed by atoms with Crippen LogP contribution in [0.2, 0.25) is 0 Å². The molecule has 3 aromatic rings. The first-order valence-corrected chi connectivity index (χ1v) is 15.2. The Bertz CT molecular complexity index is 1570. The van der Waals surface area contributed by atoms with Crippen LogP contribution < -0.4 is 0 Å². The molecule has 4 aliphatic heterocycles. The van der Waals surface area contributed by atoms with E-state index < -0.39 is 11.1 Å². The quantitative estimate of drug-likeness (QED) is 0.389. The van der Waals surface area contributed by atoms with Crippen molar-refractivity contribution in [2.24, 2.45) is 29.1 Å². The Hall–Kier alpha value is -3.48. The Labute approximate surface area is 246 Å². The van der Waals surface area contributed by atoms with Crippen molar-refractivity contribution in [1.82, 2.24) is 4.90 Å². The largest absolute Gasteiger partial charge is 0.468 e. The predicted molar refractivity (Wildman–Crippen MR) is 154 cm³/mol. The molecule has 6 heteroatoms. The van der Waals surface area contributed by atoms with Crippen molar-refractivity contribution >= 4 is 11.9 Å². The summed E-state index contributed by atoms with van der Waals surface area (Å²) in [5.41, 5.74) is 3.68. The summed E-state index contributed by atoms with van der Waals surface area (Å²) in [4.78, 5) is 32.0. The summed E-state index contributed by atoms with van der Waals surface area (Å²) < 4.78 is 18.6. The predicted octanol–water partition coefficient (Wildman–Crippen LogP) is 5.55. The van der Waals surface area contributed by atoms with Crippen LogP contribution in [0.15, 0.2) is 78.9 Å². The maximum Gasteiger partial charge on any atom is 0.327 e. The monoisotopic (exact) mass is 561 g/mol. The van der Waals surface area contributed by atoms with Crippen LogP contribution in [-0.2, 0) is 30.3 Å². The van der Waals surface area contributed by atoms with Gasteiger partial charge in [-0.3, -0.25) is 14.5 Å². The molecular formula is C36H35NO5. The number of esters is 2. The molecule has 42 heavy (non-hydrogen) atoms. The fourth-order valence-electron chi connectivity index (χ4n) is 11.7. The summed E-state index contributed by atoms with van der Waals surface area (Å²) in [6.45, 7) is 5.14. The zero-order chi connectivity index (χ0) is 28.8. The van der Waals surface area contributed by atoms with Gasteiger partial charge in [0, 0.05) is 30.2 Å². The van der Waals surface area contributed by atoms with Crippen LogP contribution in [0, 0.1) is 29.1 Å². The van der Waals surface area contributed by atoms with Crippen LogP contribution in [0.5, 0.6) is 0 Å². The van der Waals surface area contributed by atoms with Gasteiger partial charge in [0.2, 0.25) is 0 Å².